The summed E-state index contributed by atoms with van der Waals surface area (Å²) in [5.74, 6) is 0.675. The highest BCUT2D eigenvalue weighted by atomic mass is 35.5. The van der Waals surface area contributed by atoms with Gasteiger partial charge in [0.15, 0.2) is 0 Å². The highest BCUT2D eigenvalue weighted by Gasteiger charge is 2.41. The Morgan fingerprint density at radius 1 is 1.21 bits per heavy atom. The van der Waals surface area contributed by atoms with E-state index in [1.165, 1.54) is 11.3 Å². The normalized spacial score (nSPS) is 21.5. The Balaban J connectivity index is 1.53. The van der Waals surface area contributed by atoms with Gasteiger partial charge in [-0.15, -0.1) is 11.3 Å². The molecule has 9 heteroatoms. The van der Waals surface area contributed by atoms with Crippen LogP contribution >= 0.6 is 22.9 Å². The molecule has 3 heterocycles. The molecule has 4 rings (SSSR count). The Morgan fingerprint density at radius 3 is 2.56 bits per heavy atom. The fourth-order valence-electron chi connectivity index (χ4n) is 4.95. The van der Waals surface area contributed by atoms with Crippen molar-refractivity contribution in [1.82, 2.24) is 14.8 Å². The van der Waals surface area contributed by atoms with Crippen LogP contribution < -0.4 is 4.74 Å². The summed E-state index contributed by atoms with van der Waals surface area (Å²) >= 11 is 7.72. The molecule has 0 spiro atoms. The van der Waals surface area contributed by atoms with Crippen LogP contribution in [0.1, 0.15) is 53.7 Å². The summed E-state index contributed by atoms with van der Waals surface area (Å²) in [6.45, 7) is 6.43. The fraction of sp³-hybridized carbons (Fsp3) is 0.560. The Kier molecular flexibility index (Phi) is 7.80. The fourth-order valence-corrected chi connectivity index (χ4v) is 5.58. The van der Waals surface area contributed by atoms with E-state index >= 15 is 0 Å². The Hall–Kier alpha value is -2.16. The number of likely N-dealkylation sites (tertiary alicyclic amines) is 2. The molecule has 2 amide bonds. The Labute approximate surface area is 209 Å². The van der Waals surface area contributed by atoms with E-state index in [9.17, 15) is 14.7 Å². The molecule has 2 aromatic rings. The van der Waals surface area contributed by atoms with Crippen molar-refractivity contribution in [1.29, 1.82) is 0 Å². The van der Waals surface area contributed by atoms with E-state index in [0.29, 0.717) is 57.7 Å². The summed E-state index contributed by atoms with van der Waals surface area (Å²) in [5.41, 5.74) is 3.49. The van der Waals surface area contributed by atoms with Crippen LogP contribution in [-0.2, 0) is 4.79 Å². The standard InChI is InChI=1S/C25H32ClN3O4S/c1-17-10-20(11-18(2)23(17)26)33-15-25(12-22(31)28-8-4-19(30)5-9-28)6-3-7-29(14-25)24(32)21-13-34-16-27-21/h10-11,13,16,19,30H,3-9,12,14-15H2,1-2H3. The first-order chi connectivity index (χ1) is 16.3. The van der Waals surface area contributed by atoms with Crippen LogP contribution in [-0.4, -0.2) is 70.6 Å². The number of aliphatic hydroxyl groups is 1. The van der Waals surface area contributed by atoms with Gasteiger partial charge in [0.25, 0.3) is 5.91 Å². The average Bonchev–Trinajstić information content (AvgIpc) is 3.36. The minimum absolute atomic E-state index is 0.0573. The summed E-state index contributed by atoms with van der Waals surface area (Å²) in [7, 11) is 0. The molecule has 2 aliphatic heterocycles. The number of nitrogens with zero attached hydrogens (tertiary/aromatic N) is 3. The van der Waals surface area contributed by atoms with Crippen LogP contribution in [0.2, 0.25) is 5.02 Å². The summed E-state index contributed by atoms with van der Waals surface area (Å²) in [4.78, 5) is 34.2. The number of hydrogen-bond donors (Lipinski definition) is 1. The van der Waals surface area contributed by atoms with Crippen LogP contribution in [0.25, 0.3) is 0 Å². The number of piperidine rings is 2. The lowest BCUT2D eigenvalue weighted by Gasteiger charge is -2.43. The molecular weight excluding hydrogens is 474 g/mol. The van der Waals surface area contributed by atoms with Crippen LogP contribution in [0.4, 0.5) is 0 Å². The lowest BCUT2D eigenvalue weighted by molar-refractivity contribution is -0.137. The number of hydrogen-bond acceptors (Lipinski definition) is 6. The topological polar surface area (TPSA) is 83.0 Å². The number of halogens is 1. The first-order valence-corrected chi connectivity index (χ1v) is 13.1. The Bertz CT molecular complexity index is 1000. The molecule has 184 valence electrons. The van der Waals surface area contributed by atoms with Crippen LogP contribution in [0, 0.1) is 19.3 Å². The summed E-state index contributed by atoms with van der Waals surface area (Å²) in [6, 6.07) is 3.83. The van der Waals surface area contributed by atoms with Crippen molar-refractivity contribution in [2.45, 2.75) is 52.1 Å². The first kappa shape index (κ1) is 24.9. The van der Waals surface area contributed by atoms with E-state index in [2.05, 4.69) is 4.98 Å². The predicted octanol–water partition coefficient (Wildman–Crippen LogP) is 4.09. The maximum Gasteiger partial charge on any atom is 0.273 e. The van der Waals surface area contributed by atoms with E-state index in [1.54, 1.807) is 10.9 Å². The highest BCUT2D eigenvalue weighted by Crippen LogP contribution is 2.37. The van der Waals surface area contributed by atoms with Gasteiger partial charge in [-0.2, -0.15) is 0 Å². The maximum atomic E-state index is 13.3. The number of rotatable bonds is 6. The summed E-state index contributed by atoms with van der Waals surface area (Å²) in [6.07, 6.45) is 2.76. The first-order valence-electron chi connectivity index (χ1n) is 11.8. The molecule has 1 aromatic heterocycles. The third kappa shape index (κ3) is 5.73. The monoisotopic (exact) mass is 505 g/mol. The summed E-state index contributed by atoms with van der Waals surface area (Å²) < 4.78 is 6.27. The van der Waals surface area contributed by atoms with Gasteiger partial charge in [0, 0.05) is 48.4 Å². The second-order valence-corrected chi connectivity index (χ2v) is 10.7. The van der Waals surface area contributed by atoms with Gasteiger partial charge in [-0.05, 0) is 62.8 Å². The molecule has 2 fully saturated rings. The van der Waals surface area contributed by atoms with Crippen molar-refractivity contribution >= 4 is 34.8 Å². The molecule has 0 saturated carbocycles. The van der Waals surface area contributed by atoms with Crippen LogP contribution in [0.5, 0.6) is 5.75 Å². The van der Waals surface area contributed by atoms with E-state index in [0.717, 1.165) is 34.7 Å². The van der Waals surface area contributed by atoms with Gasteiger partial charge in [-0.25, -0.2) is 4.98 Å². The van der Waals surface area contributed by atoms with Gasteiger partial charge < -0.3 is 19.6 Å². The lowest BCUT2D eigenvalue weighted by atomic mass is 9.77. The quantitative estimate of drug-likeness (QED) is 0.639. The number of ether oxygens (including phenoxy) is 1. The minimum atomic E-state index is -0.501. The molecular formula is C25H32ClN3O4S. The maximum absolute atomic E-state index is 13.3. The second kappa shape index (κ2) is 10.6. The molecule has 1 aromatic carbocycles. The number of aromatic nitrogens is 1. The van der Waals surface area contributed by atoms with E-state index in [1.807, 2.05) is 35.8 Å². The molecule has 1 N–H and O–H groups in total. The molecule has 2 saturated heterocycles. The van der Waals surface area contributed by atoms with E-state index in [-0.39, 0.29) is 17.9 Å². The molecule has 1 unspecified atom stereocenters. The van der Waals surface area contributed by atoms with Gasteiger partial charge in [-0.1, -0.05) is 11.6 Å². The molecule has 0 radical (unpaired) electrons. The lowest BCUT2D eigenvalue weighted by Crippen LogP contribution is -2.51. The molecule has 0 bridgehead atoms. The number of carbonyl (C=O) groups is 2. The van der Waals surface area contributed by atoms with Crippen LogP contribution in [0.15, 0.2) is 23.0 Å². The average molecular weight is 506 g/mol. The molecule has 1 atom stereocenters. The highest BCUT2D eigenvalue weighted by molar-refractivity contribution is 7.07. The SMILES string of the molecule is Cc1cc(OCC2(CC(=O)N3CCC(O)CC3)CCCN(C(=O)c3cscn3)C2)cc(C)c1Cl. The number of carbonyl (C=O) groups excluding carboxylic acids is 2. The molecule has 34 heavy (non-hydrogen) atoms. The van der Waals surface area contributed by atoms with E-state index < -0.39 is 5.41 Å². The third-order valence-electron chi connectivity index (χ3n) is 6.90. The van der Waals surface area contributed by atoms with Gasteiger partial charge in [0.05, 0.1) is 18.2 Å². The molecule has 7 nitrogen and oxygen atoms in total. The van der Waals surface area contributed by atoms with E-state index in [4.69, 9.17) is 16.3 Å². The van der Waals surface area contributed by atoms with Crippen molar-refractivity contribution in [2.24, 2.45) is 5.41 Å². The van der Waals surface area contributed by atoms with Gasteiger partial charge in [0.2, 0.25) is 5.91 Å². The van der Waals surface area contributed by atoms with Gasteiger partial charge in [-0.3, -0.25) is 9.59 Å². The second-order valence-electron chi connectivity index (χ2n) is 9.65. The summed E-state index contributed by atoms with van der Waals surface area (Å²) in [5, 5.41) is 12.3. The predicted molar refractivity (Wildman–Crippen MR) is 133 cm³/mol. The smallest absolute Gasteiger partial charge is 0.273 e. The van der Waals surface area contributed by atoms with Crippen molar-refractivity contribution in [3.8, 4) is 5.75 Å². The van der Waals surface area contributed by atoms with Crippen molar-refractivity contribution in [3.05, 3.63) is 44.9 Å². The van der Waals surface area contributed by atoms with Crippen molar-refractivity contribution in [3.63, 3.8) is 0 Å². The minimum Gasteiger partial charge on any atom is -0.493 e. The largest absolute Gasteiger partial charge is 0.493 e. The third-order valence-corrected chi connectivity index (χ3v) is 8.08. The van der Waals surface area contributed by atoms with Gasteiger partial charge >= 0.3 is 0 Å². The van der Waals surface area contributed by atoms with Crippen LogP contribution in [0.3, 0.4) is 0 Å². The zero-order chi connectivity index (χ0) is 24.3. The van der Waals surface area contributed by atoms with Gasteiger partial charge in [0.1, 0.15) is 11.4 Å². The molecule has 0 aliphatic carbocycles. The number of amides is 2. The van der Waals surface area contributed by atoms with Crippen molar-refractivity contribution < 1.29 is 19.4 Å². The number of benzene rings is 1. The van der Waals surface area contributed by atoms with Crippen molar-refractivity contribution in [2.75, 3.05) is 32.8 Å². The number of thiazole rings is 1. The zero-order valence-corrected chi connectivity index (χ0v) is 21.3. The molecule has 2 aliphatic rings. The zero-order valence-electron chi connectivity index (χ0n) is 19.8. The number of aryl methyl sites for hydroxylation is 2. The Morgan fingerprint density at radius 2 is 1.91 bits per heavy atom. The number of aliphatic hydroxyl groups excluding tert-OH is 1.